The van der Waals surface area contributed by atoms with Crippen LogP contribution in [-0.4, -0.2) is 15.6 Å². The summed E-state index contributed by atoms with van der Waals surface area (Å²) < 4.78 is 15.2. The Bertz CT molecular complexity index is 631. The Morgan fingerprint density at radius 3 is 2.65 bits per heavy atom. The van der Waals surface area contributed by atoms with Gasteiger partial charge in [0.05, 0.1) is 12.2 Å². The Morgan fingerprint density at radius 2 is 2.05 bits per heavy atom. The summed E-state index contributed by atoms with van der Waals surface area (Å²) in [5.74, 6) is -0.509. The minimum absolute atomic E-state index is 0.125. The average Bonchev–Trinajstić information content (AvgIpc) is 2.82. The molecule has 0 fully saturated rings. The van der Waals surface area contributed by atoms with E-state index in [1.54, 1.807) is 6.07 Å². The normalized spacial score (nSPS) is 10.8. The van der Waals surface area contributed by atoms with Gasteiger partial charge in [-0.2, -0.15) is 5.10 Å². The lowest BCUT2D eigenvalue weighted by molar-refractivity contribution is 0.618. The van der Waals surface area contributed by atoms with Crippen LogP contribution in [-0.2, 0) is 19.4 Å². The van der Waals surface area contributed by atoms with E-state index in [4.69, 9.17) is 11.1 Å². The third-order valence-electron chi connectivity index (χ3n) is 3.32. The van der Waals surface area contributed by atoms with Crippen molar-refractivity contribution in [3.05, 3.63) is 52.6 Å². The number of nitrogens with zero attached hydrogens (tertiary/aromatic N) is 2. The maximum atomic E-state index is 13.3. The van der Waals surface area contributed by atoms with Crippen molar-refractivity contribution in [3.63, 3.8) is 0 Å². The van der Waals surface area contributed by atoms with E-state index in [0.29, 0.717) is 12.1 Å². The highest BCUT2D eigenvalue weighted by Gasteiger charge is 2.11. The minimum Gasteiger partial charge on any atom is -0.384 e. The largest absolute Gasteiger partial charge is 0.384 e. The van der Waals surface area contributed by atoms with Crippen molar-refractivity contribution >= 4 is 5.84 Å². The van der Waals surface area contributed by atoms with Gasteiger partial charge in [0.15, 0.2) is 0 Å². The molecule has 0 atom stereocenters. The second-order valence-electron chi connectivity index (χ2n) is 4.71. The van der Waals surface area contributed by atoms with E-state index in [1.807, 2.05) is 4.68 Å². The SMILES string of the molecule is CCc1cc(CC)n(Cc2ccc(F)cc2C(=N)N)n1. The van der Waals surface area contributed by atoms with Crippen molar-refractivity contribution in [2.45, 2.75) is 33.2 Å². The van der Waals surface area contributed by atoms with Gasteiger partial charge in [-0.15, -0.1) is 0 Å². The highest BCUT2D eigenvalue weighted by atomic mass is 19.1. The molecule has 3 N–H and O–H groups in total. The van der Waals surface area contributed by atoms with Gasteiger partial charge in [-0.3, -0.25) is 10.1 Å². The highest BCUT2D eigenvalue weighted by molar-refractivity contribution is 5.96. The lowest BCUT2D eigenvalue weighted by Gasteiger charge is -2.10. The molecule has 0 aliphatic carbocycles. The fourth-order valence-corrected chi connectivity index (χ4v) is 2.21. The number of halogens is 1. The van der Waals surface area contributed by atoms with E-state index in [9.17, 15) is 4.39 Å². The maximum Gasteiger partial charge on any atom is 0.123 e. The average molecular weight is 274 g/mol. The lowest BCUT2D eigenvalue weighted by Crippen LogP contribution is -2.16. The fourth-order valence-electron chi connectivity index (χ4n) is 2.21. The van der Waals surface area contributed by atoms with E-state index >= 15 is 0 Å². The number of amidine groups is 1. The second-order valence-corrected chi connectivity index (χ2v) is 4.71. The second kappa shape index (κ2) is 5.86. The number of aromatic nitrogens is 2. The van der Waals surface area contributed by atoms with Crippen LogP contribution < -0.4 is 5.73 Å². The van der Waals surface area contributed by atoms with Crippen molar-refractivity contribution in [1.82, 2.24) is 9.78 Å². The standard InChI is InChI=1S/C15H19FN4/c1-3-12-8-13(4-2)20(19-12)9-10-5-6-11(16)7-14(10)15(17)18/h5-8H,3-4,9H2,1-2H3,(H3,17,18). The number of aryl methyl sites for hydroxylation is 2. The van der Waals surface area contributed by atoms with Crippen LogP contribution in [0.4, 0.5) is 4.39 Å². The van der Waals surface area contributed by atoms with E-state index in [0.717, 1.165) is 29.8 Å². The molecule has 4 nitrogen and oxygen atoms in total. The summed E-state index contributed by atoms with van der Waals surface area (Å²) in [5.41, 5.74) is 8.92. The van der Waals surface area contributed by atoms with Crippen LogP contribution in [0.15, 0.2) is 24.3 Å². The summed E-state index contributed by atoms with van der Waals surface area (Å²) in [5, 5.41) is 12.1. The topological polar surface area (TPSA) is 67.7 Å². The van der Waals surface area contributed by atoms with Crippen LogP contribution in [0.25, 0.3) is 0 Å². The van der Waals surface area contributed by atoms with Gasteiger partial charge in [0.1, 0.15) is 11.7 Å². The molecule has 0 bridgehead atoms. The van der Waals surface area contributed by atoms with Gasteiger partial charge in [0, 0.05) is 11.3 Å². The summed E-state index contributed by atoms with van der Waals surface area (Å²) in [7, 11) is 0. The monoisotopic (exact) mass is 274 g/mol. The Balaban J connectivity index is 2.39. The van der Waals surface area contributed by atoms with E-state index in [2.05, 4.69) is 25.0 Å². The van der Waals surface area contributed by atoms with Gasteiger partial charge in [-0.25, -0.2) is 4.39 Å². The molecule has 2 aromatic rings. The first kappa shape index (κ1) is 14.2. The van der Waals surface area contributed by atoms with Crippen molar-refractivity contribution in [2.75, 3.05) is 0 Å². The molecule has 20 heavy (non-hydrogen) atoms. The molecule has 1 heterocycles. The number of nitrogens with two attached hydrogens (primary N) is 1. The van der Waals surface area contributed by atoms with Gasteiger partial charge in [0.25, 0.3) is 0 Å². The zero-order chi connectivity index (χ0) is 14.7. The molecular formula is C15H19FN4. The van der Waals surface area contributed by atoms with Crippen molar-refractivity contribution in [2.24, 2.45) is 5.73 Å². The fraction of sp³-hybridized carbons (Fsp3) is 0.333. The molecule has 0 aliphatic heterocycles. The number of benzene rings is 1. The van der Waals surface area contributed by atoms with Crippen LogP contribution in [0.3, 0.4) is 0 Å². The predicted molar refractivity (Wildman–Crippen MR) is 77.5 cm³/mol. The maximum absolute atomic E-state index is 13.3. The number of nitrogens with one attached hydrogen (secondary N) is 1. The Hall–Kier alpha value is -2.17. The van der Waals surface area contributed by atoms with Crippen LogP contribution in [0.2, 0.25) is 0 Å². The number of hydrogen-bond donors (Lipinski definition) is 2. The molecule has 0 radical (unpaired) electrons. The predicted octanol–water partition coefficient (Wildman–Crippen LogP) is 2.48. The van der Waals surface area contributed by atoms with E-state index < -0.39 is 0 Å². The van der Waals surface area contributed by atoms with Gasteiger partial charge < -0.3 is 5.73 Å². The molecule has 1 aromatic heterocycles. The summed E-state index contributed by atoms with van der Waals surface area (Å²) in [6.45, 7) is 4.63. The first-order valence-electron chi connectivity index (χ1n) is 6.73. The summed E-state index contributed by atoms with van der Waals surface area (Å²) in [6, 6.07) is 6.43. The van der Waals surface area contributed by atoms with Crippen molar-refractivity contribution in [1.29, 1.82) is 5.41 Å². The minimum atomic E-state index is -0.385. The van der Waals surface area contributed by atoms with Crippen LogP contribution >= 0.6 is 0 Å². The Kier molecular flexibility index (Phi) is 4.17. The Labute approximate surface area is 117 Å². The smallest absolute Gasteiger partial charge is 0.123 e. The Morgan fingerprint density at radius 1 is 1.30 bits per heavy atom. The van der Waals surface area contributed by atoms with E-state index in [1.165, 1.54) is 12.1 Å². The van der Waals surface area contributed by atoms with Gasteiger partial charge in [0.2, 0.25) is 0 Å². The molecule has 0 spiro atoms. The molecule has 0 saturated carbocycles. The first-order chi connectivity index (χ1) is 9.55. The molecule has 5 heteroatoms. The zero-order valence-electron chi connectivity index (χ0n) is 11.8. The van der Waals surface area contributed by atoms with Crippen molar-refractivity contribution in [3.8, 4) is 0 Å². The third-order valence-corrected chi connectivity index (χ3v) is 3.32. The molecule has 0 amide bonds. The summed E-state index contributed by atoms with van der Waals surface area (Å²) in [4.78, 5) is 0. The summed E-state index contributed by atoms with van der Waals surface area (Å²) in [6.07, 6.45) is 1.76. The number of hydrogen-bond acceptors (Lipinski definition) is 2. The van der Waals surface area contributed by atoms with E-state index in [-0.39, 0.29) is 11.7 Å². The molecule has 1 aromatic carbocycles. The van der Waals surface area contributed by atoms with Crippen LogP contribution in [0, 0.1) is 11.2 Å². The number of nitrogen functional groups attached to an aromatic ring is 1. The summed E-state index contributed by atoms with van der Waals surface area (Å²) >= 11 is 0. The third kappa shape index (κ3) is 2.87. The molecule has 0 aliphatic rings. The molecule has 0 saturated heterocycles. The molecule has 106 valence electrons. The van der Waals surface area contributed by atoms with Gasteiger partial charge in [-0.05, 0) is 36.6 Å². The molecule has 2 rings (SSSR count). The zero-order valence-corrected chi connectivity index (χ0v) is 11.8. The number of rotatable bonds is 5. The first-order valence-corrected chi connectivity index (χ1v) is 6.73. The molecular weight excluding hydrogens is 255 g/mol. The molecule has 0 unspecified atom stereocenters. The van der Waals surface area contributed by atoms with Gasteiger partial charge in [-0.1, -0.05) is 19.9 Å². The van der Waals surface area contributed by atoms with Crippen molar-refractivity contribution < 1.29 is 4.39 Å². The van der Waals surface area contributed by atoms with Crippen LogP contribution in [0.1, 0.15) is 36.4 Å². The highest BCUT2D eigenvalue weighted by Crippen LogP contribution is 2.15. The van der Waals surface area contributed by atoms with Crippen LogP contribution in [0.5, 0.6) is 0 Å². The lowest BCUT2D eigenvalue weighted by atomic mass is 10.1. The quantitative estimate of drug-likeness (QED) is 0.649. The van der Waals surface area contributed by atoms with Gasteiger partial charge >= 0.3 is 0 Å².